The normalized spacial score (nSPS) is 20.6. The van der Waals surface area contributed by atoms with E-state index in [1.807, 2.05) is 20.8 Å². The van der Waals surface area contributed by atoms with E-state index in [4.69, 9.17) is 0 Å². The fourth-order valence-corrected chi connectivity index (χ4v) is 8.35. The van der Waals surface area contributed by atoms with Crippen molar-refractivity contribution in [3.63, 3.8) is 0 Å². The van der Waals surface area contributed by atoms with Crippen LogP contribution < -0.4 is 15.9 Å². The minimum Gasteiger partial charge on any atom is -0.365 e. The molecule has 3 atom stereocenters. The summed E-state index contributed by atoms with van der Waals surface area (Å²) < 4.78 is 61.5. The van der Waals surface area contributed by atoms with Gasteiger partial charge in [-0.25, -0.2) is 14.2 Å². The summed E-state index contributed by atoms with van der Waals surface area (Å²) in [6, 6.07) is 2.58. The van der Waals surface area contributed by atoms with Gasteiger partial charge in [0.1, 0.15) is 11.6 Å². The second-order valence-corrected chi connectivity index (χ2v) is 12.9. The molecular weight excluding hydrogens is 604 g/mol. The van der Waals surface area contributed by atoms with E-state index in [-0.39, 0.29) is 74.6 Å². The Morgan fingerprint density at radius 2 is 1.84 bits per heavy atom. The number of fused-ring (bicyclic) bond motifs is 1. The number of hydrogen-bond acceptors (Lipinski definition) is 8. The summed E-state index contributed by atoms with van der Waals surface area (Å²) >= 11 is 2.25. The van der Waals surface area contributed by atoms with Gasteiger partial charge in [0.25, 0.3) is 0 Å². The van der Waals surface area contributed by atoms with E-state index >= 15 is 13.2 Å². The van der Waals surface area contributed by atoms with Crippen LogP contribution in [0.4, 0.5) is 28.5 Å². The maximum atomic E-state index is 15.0. The van der Waals surface area contributed by atoms with Crippen LogP contribution in [0, 0.1) is 5.82 Å². The average Bonchev–Trinajstić information content (AvgIpc) is 3.40. The van der Waals surface area contributed by atoms with Crippen LogP contribution in [0.1, 0.15) is 32.4 Å². The number of thiazole rings is 1. The van der Waals surface area contributed by atoms with Crippen molar-refractivity contribution in [3.05, 3.63) is 52.7 Å². The summed E-state index contributed by atoms with van der Waals surface area (Å²) in [6.07, 6.45) is -3.56. The lowest BCUT2D eigenvalue weighted by atomic mass is 9.95. The maximum absolute atomic E-state index is 15.0. The molecule has 226 valence electrons. The molecule has 6 rings (SSSR count). The molecule has 1 saturated heterocycles. The number of amides is 1. The minimum atomic E-state index is -4.79. The van der Waals surface area contributed by atoms with Gasteiger partial charge in [-0.2, -0.15) is 18.2 Å². The fraction of sp³-hybridized carbons (Fsp3) is 0.379. The zero-order valence-corrected chi connectivity index (χ0v) is 25.4. The molecule has 1 N–H and O–H groups in total. The number of halogens is 4. The van der Waals surface area contributed by atoms with Crippen LogP contribution in [0.5, 0.6) is 0 Å². The van der Waals surface area contributed by atoms with Crippen LogP contribution in [0.2, 0.25) is 0 Å². The maximum Gasteiger partial charge on any atom is 0.417 e. The Balaban J connectivity index is 1.67. The lowest BCUT2D eigenvalue weighted by Gasteiger charge is -2.45. The summed E-state index contributed by atoms with van der Waals surface area (Å²) in [5, 5.41) is 3.41. The second-order valence-electron chi connectivity index (χ2n) is 10.9. The van der Waals surface area contributed by atoms with Crippen molar-refractivity contribution in [3.8, 4) is 11.1 Å². The Bertz CT molecular complexity index is 1860. The Hall–Kier alpha value is -3.65. The Morgan fingerprint density at radius 1 is 1.14 bits per heavy atom. The lowest BCUT2D eigenvalue weighted by Crippen LogP contribution is -2.58. The van der Waals surface area contributed by atoms with Crippen LogP contribution >= 0.6 is 23.1 Å². The van der Waals surface area contributed by atoms with E-state index in [0.717, 1.165) is 23.5 Å². The molecule has 43 heavy (non-hydrogen) atoms. The zero-order chi connectivity index (χ0) is 31.0. The monoisotopic (exact) mass is 632 g/mol. The largest absolute Gasteiger partial charge is 0.417 e. The first-order valence-corrected chi connectivity index (χ1v) is 15.5. The van der Waals surface area contributed by atoms with Crippen molar-refractivity contribution in [1.29, 1.82) is 0 Å². The Kier molecular flexibility index (Phi) is 7.19. The number of thioether (sulfide) groups is 1. The van der Waals surface area contributed by atoms with Gasteiger partial charge in [-0.1, -0.05) is 17.9 Å². The van der Waals surface area contributed by atoms with Gasteiger partial charge in [0.2, 0.25) is 5.91 Å². The predicted molar refractivity (Wildman–Crippen MR) is 163 cm³/mol. The first kappa shape index (κ1) is 29.4. The Morgan fingerprint density at radius 3 is 2.47 bits per heavy atom. The molecule has 0 spiro atoms. The highest BCUT2D eigenvalue weighted by Crippen LogP contribution is 2.51. The van der Waals surface area contributed by atoms with Crippen molar-refractivity contribution in [2.24, 2.45) is 0 Å². The van der Waals surface area contributed by atoms with Crippen LogP contribution in [-0.2, 0) is 11.0 Å². The SMILES string of the molecule is C=CC(=O)N1C(C)CN(c2nc(=O)n3c4c(c(-c5ccc(F)c6sc(NC)nc56)c(C(F)(F)F)cc24)SCC3C)CC1C. The standard InChI is InChI=1S/C29H28F4N6O2S2/c1-6-20(40)38-13(2)10-37(11-14(38)3)26-17-9-18(29(31,32)33)21(25-23(17)39(28(41)36-26)15(4)12-42-25)16-7-8-19(30)24-22(16)35-27(34-5)43-24/h6-9,13-15H,1,10-12H2,2-5H3,(H,34,35). The van der Waals surface area contributed by atoms with Crippen LogP contribution in [0.15, 0.2) is 40.5 Å². The van der Waals surface area contributed by atoms with Gasteiger partial charge in [-0.05, 0) is 45.0 Å². The molecule has 1 fully saturated rings. The molecule has 2 aliphatic heterocycles. The molecule has 2 aromatic carbocycles. The number of carbonyl (C=O) groups excluding carboxylic acids is 1. The van der Waals surface area contributed by atoms with Crippen LogP contribution in [-0.4, -0.2) is 63.3 Å². The zero-order valence-electron chi connectivity index (χ0n) is 23.8. The molecular formula is C29H28F4N6O2S2. The number of alkyl halides is 3. The second kappa shape index (κ2) is 10.5. The van der Waals surface area contributed by atoms with E-state index in [9.17, 15) is 14.0 Å². The molecule has 14 heteroatoms. The summed E-state index contributed by atoms with van der Waals surface area (Å²) in [5.41, 5.74) is -1.02. The third-order valence-corrected chi connectivity index (χ3v) is 10.4. The number of piperazine rings is 1. The van der Waals surface area contributed by atoms with Crippen molar-refractivity contribution >= 4 is 61.1 Å². The third kappa shape index (κ3) is 4.65. The first-order valence-electron chi connectivity index (χ1n) is 13.7. The number of carbonyl (C=O) groups is 1. The molecule has 0 bridgehead atoms. The highest BCUT2D eigenvalue weighted by molar-refractivity contribution is 7.99. The number of anilines is 2. The molecule has 4 aromatic rings. The van der Waals surface area contributed by atoms with E-state index in [1.165, 1.54) is 28.5 Å². The minimum absolute atomic E-state index is 0.114. The molecule has 8 nitrogen and oxygen atoms in total. The fourth-order valence-electron chi connectivity index (χ4n) is 6.24. The van der Waals surface area contributed by atoms with Crippen LogP contribution in [0.3, 0.4) is 0 Å². The van der Waals surface area contributed by atoms with Gasteiger partial charge in [0.15, 0.2) is 5.13 Å². The highest BCUT2D eigenvalue weighted by Gasteiger charge is 2.40. The molecule has 1 amide bonds. The highest BCUT2D eigenvalue weighted by atomic mass is 32.2. The van der Waals surface area contributed by atoms with Gasteiger partial charge < -0.3 is 15.1 Å². The van der Waals surface area contributed by atoms with Gasteiger partial charge >= 0.3 is 11.9 Å². The topological polar surface area (TPSA) is 83.4 Å². The molecule has 2 aromatic heterocycles. The van der Waals surface area contributed by atoms with Gasteiger partial charge in [-0.3, -0.25) is 9.36 Å². The summed E-state index contributed by atoms with van der Waals surface area (Å²) in [4.78, 5) is 38.6. The molecule has 3 unspecified atom stereocenters. The van der Waals surface area contributed by atoms with Crippen molar-refractivity contribution in [1.82, 2.24) is 19.4 Å². The first-order chi connectivity index (χ1) is 20.3. The van der Waals surface area contributed by atoms with Gasteiger partial charge in [0.05, 0.1) is 21.3 Å². The summed E-state index contributed by atoms with van der Waals surface area (Å²) in [5.74, 6) is -0.337. The number of benzene rings is 2. The average molecular weight is 633 g/mol. The molecule has 0 radical (unpaired) electrons. The van der Waals surface area contributed by atoms with Crippen molar-refractivity contribution in [2.75, 3.05) is 36.1 Å². The van der Waals surface area contributed by atoms with Gasteiger partial charge in [0, 0.05) is 65.4 Å². The summed E-state index contributed by atoms with van der Waals surface area (Å²) in [7, 11) is 1.61. The number of hydrogen-bond donors (Lipinski definition) is 1. The summed E-state index contributed by atoms with van der Waals surface area (Å²) in [6.45, 7) is 9.61. The van der Waals surface area contributed by atoms with E-state index in [0.29, 0.717) is 16.4 Å². The molecule has 4 heterocycles. The number of rotatable bonds is 4. The molecule has 0 saturated carbocycles. The quantitative estimate of drug-likeness (QED) is 0.214. The Labute approximate surface area is 252 Å². The number of nitrogens with one attached hydrogen (secondary N) is 1. The predicted octanol–water partition coefficient (Wildman–Crippen LogP) is 6.15. The van der Waals surface area contributed by atoms with E-state index < -0.39 is 23.2 Å². The number of nitrogens with zero attached hydrogens (tertiary/aromatic N) is 5. The van der Waals surface area contributed by atoms with Crippen molar-refractivity contribution < 1.29 is 22.4 Å². The third-order valence-electron chi connectivity index (χ3n) is 7.99. The smallest absolute Gasteiger partial charge is 0.365 e. The number of aromatic nitrogens is 3. The van der Waals surface area contributed by atoms with E-state index in [2.05, 4.69) is 21.9 Å². The van der Waals surface area contributed by atoms with Gasteiger partial charge in [-0.15, -0.1) is 11.8 Å². The van der Waals surface area contributed by atoms with Crippen molar-refractivity contribution in [2.45, 2.75) is 50.0 Å². The van der Waals surface area contributed by atoms with Crippen LogP contribution in [0.25, 0.3) is 32.2 Å². The molecule has 0 aliphatic carbocycles. The lowest BCUT2D eigenvalue weighted by molar-refractivity contribution is -0.137. The molecule has 2 aliphatic rings. The van der Waals surface area contributed by atoms with E-state index in [1.54, 1.807) is 16.8 Å².